The normalized spacial score (nSPS) is 11.2. The predicted octanol–water partition coefficient (Wildman–Crippen LogP) is 2.54. The minimum absolute atomic E-state index is 0.0106. The van der Waals surface area contributed by atoms with Crippen LogP contribution in [0.1, 0.15) is 21.8 Å². The van der Waals surface area contributed by atoms with Crippen LogP contribution in [0.25, 0.3) is 11.4 Å². The molecule has 0 aliphatic heterocycles. The lowest BCUT2D eigenvalue weighted by molar-refractivity contribution is -0.137. The van der Waals surface area contributed by atoms with Crippen LogP contribution in [0.15, 0.2) is 53.3 Å². The van der Waals surface area contributed by atoms with Crippen molar-refractivity contribution in [1.29, 1.82) is 0 Å². The largest absolute Gasteiger partial charge is 0.416 e. The average Bonchev–Trinajstić information content (AvgIpc) is 3.20. The van der Waals surface area contributed by atoms with Crippen molar-refractivity contribution >= 4 is 11.8 Å². The molecule has 0 bridgehead atoms. The van der Waals surface area contributed by atoms with Gasteiger partial charge in [-0.2, -0.15) is 18.2 Å². The first-order chi connectivity index (χ1) is 14.2. The van der Waals surface area contributed by atoms with E-state index in [1.807, 2.05) is 0 Å². The number of hydrogen-bond donors (Lipinski definition) is 1. The van der Waals surface area contributed by atoms with Gasteiger partial charge in [0.05, 0.1) is 18.7 Å². The van der Waals surface area contributed by atoms with Crippen molar-refractivity contribution in [3.63, 3.8) is 0 Å². The van der Waals surface area contributed by atoms with Crippen LogP contribution in [-0.2, 0) is 17.5 Å². The molecule has 0 saturated heterocycles. The van der Waals surface area contributed by atoms with Crippen LogP contribution in [0.4, 0.5) is 13.2 Å². The molecule has 0 unspecified atom stereocenters. The number of halogens is 3. The van der Waals surface area contributed by atoms with Crippen LogP contribution in [0, 0.1) is 0 Å². The summed E-state index contributed by atoms with van der Waals surface area (Å²) in [5.74, 6) is -0.591. The number of likely N-dealkylation sites (N-methyl/N-ethyl adjacent to an activating group) is 1. The Labute approximate surface area is 168 Å². The first-order valence-electron chi connectivity index (χ1n) is 8.66. The molecule has 0 radical (unpaired) electrons. The minimum Gasteiger partial charge on any atom is -0.343 e. The number of alkyl halides is 3. The van der Waals surface area contributed by atoms with Gasteiger partial charge in [0.2, 0.25) is 17.6 Å². The number of rotatable bonds is 6. The molecule has 1 aromatic carbocycles. The minimum atomic E-state index is -4.49. The zero-order valence-electron chi connectivity index (χ0n) is 15.7. The quantitative estimate of drug-likeness (QED) is 0.659. The molecule has 1 N–H and O–H groups in total. The lowest BCUT2D eigenvalue weighted by Crippen LogP contribution is -2.37. The molecule has 8 nitrogen and oxygen atoms in total. The number of carbonyl (C=O) groups excluding carboxylic acids is 2. The fourth-order valence-corrected chi connectivity index (χ4v) is 2.43. The highest BCUT2D eigenvalue weighted by molar-refractivity contribution is 5.96. The standard InChI is InChI=1S/C19H16F3N5O3/c1-27(11-15-25-17(26-30-15)13-3-2-8-23-9-13)16(28)10-24-18(29)12-4-6-14(7-5-12)19(20,21)22/h2-9H,10-11H2,1H3,(H,24,29). The van der Waals surface area contributed by atoms with Gasteiger partial charge in [-0.15, -0.1) is 0 Å². The Morgan fingerprint density at radius 2 is 1.90 bits per heavy atom. The van der Waals surface area contributed by atoms with Gasteiger partial charge in [0.1, 0.15) is 0 Å². The van der Waals surface area contributed by atoms with Crippen LogP contribution in [-0.4, -0.2) is 45.4 Å². The molecule has 0 fully saturated rings. The van der Waals surface area contributed by atoms with Gasteiger partial charge >= 0.3 is 6.18 Å². The molecule has 0 atom stereocenters. The topological polar surface area (TPSA) is 101 Å². The molecule has 3 rings (SSSR count). The monoisotopic (exact) mass is 419 g/mol. The summed E-state index contributed by atoms with van der Waals surface area (Å²) in [6.45, 7) is -0.331. The highest BCUT2D eigenvalue weighted by Gasteiger charge is 2.30. The van der Waals surface area contributed by atoms with Gasteiger partial charge in [-0.3, -0.25) is 14.6 Å². The molecule has 2 amide bonds. The van der Waals surface area contributed by atoms with E-state index in [1.165, 1.54) is 11.9 Å². The summed E-state index contributed by atoms with van der Waals surface area (Å²) in [4.78, 5) is 33.7. The van der Waals surface area contributed by atoms with E-state index >= 15 is 0 Å². The van der Waals surface area contributed by atoms with Crippen molar-refractivity contribution in [3.05, 3.63) is 65.8 Å². The molecule has 0 aliphatic rings. The molecule has 11 heteroatoms. The van der Waals surface area contributed by atoms with Crippen LogP contribution in [0.5, 0.6) is 0 Å². The van der Waals surface area contributed by atoms with Gasteiger partial charge in [0.25, 0.3) is 5.91 Å². The van der Waals surface area contributed by atoms with Crippen molar-refractivity contribution in [2.24, 2.45) is 0 Å². The SMILES string of the molecule is CN(Cc1nc(-c2cccnc2)no1)C(=O)CNC(=O)c1ccc(C(F)(F)F)cc1. The average molecular weight is 419 g/mol. The predicted molar refractivity (Wildman–Crippen MR) is 97.8 cm³/mol. The smallest absolute Gasteiger partial charge is 0.343 e. The Morgan fingerprint density at radius 3 is 2.53 bits per heavy atom. The number of pyridine rings is 1. The zero-order chi connectivity index (χ0) is 21.7. The van der Waals surface area contributed by atoms with Crippen molar-refractivity contribution < 1.29 is 27.3 Å². The highest BCUT2D eigenvalue weighted by Crippen LogP contribution is 2.29. The van der Waals surface area contributed by atoms with Crippen molar-refractivity contribution in [2.45, 2.75) is 12.7 Å². The molecule has 2 heterocycles. The number of hydrogen-bond acceptors (Lipinski definition) is 6. The van der Waals surface area contributed by atoms with Crippen molar-refractivity contribution in [2.75, 3.05) is 13.6 Å². The van der Waals surface area contributed by atoms with Crippen LogP contribution in [0.2, 0.25) is 0 Å². The second-order valence-corrected chi connectivity index (χ2v) is 6.26. The molecule has 156 valence electrons. The molecule has 0 spiro atoms. The maximum absolute atomic E-state index is 12.6. The third-order valence-corrected chi connectivity index (χ3v) is 4.06. The van der Waals surface area contributed by atoms with E-state index in [-0.39, 0.29) is 24.5 Å². The molecule has 0 aliphatic carbocycles. The molecule has 3 aromatic rings. The summed E-state index contributed by atoms with van der Waals surface area (Å²) in [5, 5.41) is 6.19. The van der Waals surface area contributed by atoms with Crippen molar-refractivity contribution in [3.8, 4) is 11.4 Å². The number of nitrogens with one attached hydrogen (secondary N) is 1. The van der Waals surface area contributed by atoms with Crippen LogP contribution >= 0.6 is 0 Å². The summed E-state index contributed by atoms with van der Waals surface area (Å²) in [6.07, 6.45) is -1.31. The summed E-state index contributed by atoms with van der Waals surface area (Å²) in [5.41, 5.74) is -0.193. The number of benzene rings is 1. The number of aromatic nitrogens is 3. The van der Waals surface area contributed by atoms with Crippen LogP contribution < -0.4 is 5.32 Å². The maximum atomic E-state index is 12.6. The van der Waals surface area contributed by atoms with Gasteiger partial charge in [0, 0.05) is 30.6 Å². The second-order valence-electron chi connectivity index (χ2n) is 6.26. The molecule has 0 saturated carbocycles. The number of nitrogens with zero attached hydrogens (tertiary/aromatic N) is 4. The number of carbonyl (C=O) groups is 2. The van der Waals surface area contributed by atoms with Gasteiger partial charge in [-0.1, -0.05) is 5.16 Å². The summed E-state index contributed by atoms with van der Waals surface area (Å²) < 4.78 is 42.8. The zero-order valence-corrected chi connectivity index (χ0v) is 15.7. The third-order valence-electron chi connectivity index (χ3n) is 4.06. The fourth-order valence-electron chi connectivity index (χ4n) is 2.43. The van der Waals surface area contributed by atoms with E-state index < -0.39 is 23.6 Å². The lowest BCUT2D eigenvalue weighted by atomic mass is 10.1. The third kappa shape index (κ3) is 5.19. The van der Waals surface area contributed by atoms with Gasteiger partial charge in [0.15, 0.2) is 0 Å². The summed E-state index contributed by atoms with van der Waals surface area (Å²) in [6, 6.07) is 7.18. The van der Waals surface area contributed by atoms with E-state index in [4.69, 9.17) is 4.52 Å². The Bertz CT molecular complexity index is 1020. The fraction of sp³-hybridized carbons (Fsp3) is 0.211. The van der Waals surface area contributed by atoms with E-state index in [1.54, 1.807) is 24.5 Å². The Balaban J connectivity index is 1.52. The molecule has 30 heavy (non-hydrogen) atoms. The number of amides is 2. The Morgan fingerprint density at radius 1 is 1.17 bits per heavy atom. The molecular formula is C19H16F3N5O3. The van der Waals surface area contributed by atoms with Gasteiger partial charge in [-0.05, 0) is 36.4 Å². The first kappa shape index (κ1) is 21.0. The first-order valence-corrected chi connectivity index (χ1v) is 8.66. The lowest BCUT2D eigenvalue weighted by Gasteiger charge is -2.15. The summed E-state index contributed by atoms with van der Waals surface area (Å²) >= 11 is 0. The Kier molecular flexibility index (Phi) is 6.09. The van der Waals surface area contributed by atoms with E-state index in [9.17, 15) is 22.8 Å². The Hall–Kier alpha value is -3.76. The second kappa shape index (κ2) is 8.72. The van der Waals surface area contributed by atoms with Crippen LogP contribution in [0.3, 0.4) is 0 Å². The highest BCUT2D eigenvalue weighted by atomic mass is 19.4. The maximum Gasteiger partial charge on any atom is 0.416 e. The molecule has 2 aromatic heterocycles. The van der Waals surface area contributed by atoms with Gasteiger partial charge < -0.3 is 14.7 Å². The van der Waals surface area contributed by atoms with E-state index in [0.29, 0.717) is 11.4 Å². The summed E-state index contributed by atoms with van der Waals surface area (Å²) in [7, 11) is 1.49. The van der Waals surface area contributed by atoms with Crippen molar-refractivity contribution in [1.82, 2.24) is 25.3 Å². The van der Waals surface area contributed by atoms with E-state index in [2.05, 4.69) is 20.4 Å². The molecular weight excluding hydrogens is 403 g/mol. The van der Waals surface area contributed by atoms with Gasteiger partial charge in [-0.25, -0.2) is 0 Å². The van der Waals surface area contributed by atoms with E-state index in [0.717, 1.165) is 24.3 Å².